The van der Waals surface area contributed by atoms with Gasteiger partial charge in [0.15, 0.2) is 0 Å². The number of nitrogens with zero attached hydrogens (tertiary/aromatic N) is 2. The predicted molar refractivity (Wildman–Crippen MR) is 128 cm³/mol. The van der Waals surface area contributed by atoms with E-state index in [2.05, 4.69) is 6.92 Å². The molecule has 1 N–H and O–H groups in total. The van der Waals surface area contributed by atoms with Crippen molar-refractivity contribution < 1.29 is 19.4 Å². The molecule has 6 nitrogen and oxygen atoms in total. The molecule has 7 heteroatoms. The van der Waals surface area contributed by atoms with Gasteiger partial charge >= 0.3 is 0 Å². The van der Waals surface area contributed by atoms with E-state index < -0.39 is 17.7 Å². The number of benzene rings is 1. The summed E-state index contributed by atoms with van der Waals surface area (Å²) in [5.74, 6) is -0.588. The van der Waals surface area contributed by atoms with Crippen LogP contribution in [0.15, 0.2) is 41.3 Å². The molecule has 1 saturated heterocycles. The molecule has 1 aromatic heterocycles. The number of carbonyl (C=O) groups excluding carboxylic acids is 2. The van der Waals surface area contributed by atoms with Crippen LogP contribution in [0.4, 0.5) is 0 Å². The Kier molecular flexibility index (Phi) is 8.10. The quantitative estimate of drug-likeness (QED) is 0.245. The average Bonchev–Trinajstić information content (AvgIpc) is 3.36. The van der Waals surface area contributed by atoms with E-state index in [0.29, 0.717) is 18.7 Å². The van der Waals surface area contributed by atoms with Gasteiger partial charge in [0.05, 0.1) is 18.2 Å². The van der Waals surface area contributed by atoms with Crippen molar-refractivity contribution in [2.45, 2.75) is 39.2 Å². The largest absolute Gasteiger partial charge is 0.507 e. The monoisotopic (exact) mass is 456 g/mol. The van der Waals surface area contributed by atoms with Crippen LogP contribution in [0.5, 0.6) is 5.75 Å². The van der Waals surface area contributed by atoms with Crippen molar-refractivity contribution in [2.75, 3.05) is 33.8 Å². The van der Waals surface area contributed by atoms with Gasteiger partial charge in [-0.1, -0.05) is 19.4 Å². The number of likely N-dealkylation sites (tertiary alicyclic amines) is 1. The zero-order valence-electron chi connectivity index (χ0n) is 19.3. The van der Waals surface area contributed by atoms with E-state index in [1.807, 2.05) is 49.5 Å². The van der Waals surface area contributed by atoms with Gasteiger partial charge in [0, 0.05) is 17.0 Å². The highest BCUT2D eigenvalue weighted by Gasteiger charge is 2.46. The molecule has 32 heavy (non-hydrogen) atoms. The Morgan fingerprint density at radius 3 is 2.62 bits per heavy atom. The van der Waals surface area contributed by atoms with Gasteiger partial charge < -0.3 is 19.6 Å². The molecule has 0 aliphatic carbocycles. The fourth-order valence-corrected chi connectivity index (χ4v) is 4.73. The van der Waals surface area contributed by atoms with Crippen molar-refractivity contribution in [3.05, 3.63) is 57.3 Å². The number of unbranched alkanes of at least 4 members (excludes halogenated alkanes) is 1. The van der Waals surface area contributed by atoms with Crippen LogP contribution in [-0.2, 0) is 9.59 Å². The summed E-state index contributed by atoms with van der Waals surface area (Å²) in [6, 6.07) is 8.65. The molecular formula is C25H32N2O4S. The Morgan fingerprint density at radius 1 is 1.22 bits per heavy atom. The number of thiophene rings is 1. The van der Waals surface area contributed by atoms with E-state index >= 15 is 0 Å². The summed E-state index contributed by atoms with van der Waals surface area (Å²) in [7, 11) is 3.95. The summed E-state index contributed by atoms with van der Waals surface area (Å²) >= 11 is 1.48. The Morgan fingerprint density at radius 2 is 2.00 bits per heavy atom. The smallest absolute Gasteiger partial charge is 0.295 e. The molecule has 1 aromatic carbocycles. The number of rotatable bonds is 10. The third kappa shape index (κ3) is 5.22. The van der Waals surface area contributed by atoms with E-state index in [0.717, 1.165) is 42.0 Å². The van der Waals surface area contributed by atoms with Crippen molar-refractivity contribution in [3.8, 4) is 5.75 Å². The summed E-state index contributed by atoms with van der Waals surface area (Å²) in [4.78, 5) is 30.5. The summed E-state index contributed by atoms with van der Waals surface area (Å²) in [6.45, 7) is 5.87. The lowest BCUT2D eigenvalue weighted by atomic mass is 9.97. The van der Waals surface area contributed by atoms with Crippen molar-refractivity contribution in [1.29, 1.82) is 0 Å². The van der Waals surface area contributed by atoms with Gasteiger partial charge in [-0.25, -0.2) is 0 Å². The van der Waals surface area contributed by atoms with Gasteiger partial charge in [-0.2, -0.15) is 0 Å². The fraction of sp³-hybridized carbons (Fsp3) is 0.440. The molecule has 0 spiro atoms. The zero-order chi connectivity index (χ0) is 23.3. The van der Waals surface area contributed by atoms with E-state index in [-0.39, 0.29) is 11.3 Å². The number of aryl methyl sites for hydroxylation is 1. The van der Waals surface area contributed by atoms with Crippen LogP contribution < -0.4 is 4.74 Å². The van der Waals surface area contributed by atoms with Crippen molar-refractivity contribution >= 4 is 28.8 Å². The van der Waals surface area contributed by atoms with Gasteiger partial charge in [0.2, 0.25) is 0 Å². The highest BCUT2D eigenvalue weighted by Crippen LogP contribution is 2.41. The molecular weight excluding hydrogens is 424 g/mol. The summed E-state index contributed by atoms with van der Waals surface area (Å²) in [5, 5.41) is 13.2. The number of hydrogen-bond acceptors (Lipinski definition) is 6. The number of hydrogen-bond donors (Lipinski definition) is 1. The van der Waals surface area contributed by atoms with Crippen LogP contribution in [0, 0.1) is 6.92 Å². The minimum absolute atomic E-state index is 0.130. The maximum atomic E-state index is 13.0. The topological polar surface area (TPSA) is 70.1 Å². The zero-order valence-corrected chi connectivity index (χ0v) is 20.1. The van der Waals surface area contributed by atoms with Crippen molar-refractivity contribution in [3.63, 3.8) is 0 Å². The molecule has 0 radical (unpaired) electrons. The molecule has 172 valence electrons. The van der Waals surface area contributed by atoms with Crippen LogP contribution in [-0.4, -0.2) is 60.4 Å². The van der Waals surface area contributed by atoms with Crippen LogP contribution >= 0.6 is 11.3 Å². The SMILES string of the molecule is CCCCOc1ccc(/C(O)=C2\C(=O)C(=O)N(CCCN(C)C)[C@H]2c2cccs2)c(C)c1. The first-order valence-electron chi connectivity index (χ1n) is 11.1. The highest BCUT2D eigenvalue weighted by molar-refractivity contribution is 7.10. The standard InChI is InChI=1S/C25H32N2O4S/c1-5-6-14-31-18-10-11-19(17(2)16-18)23(28)21-22(20-9-7-15-32-20)27(25(30)24(21)29)13-8-12-26(3)4/h7,9-11,15-16,22,28H,5-6,8,12-14H2,1-4H3/b23-21+/t22-/m0/s1. The first kappa shape index (κ1) is 24.0. The van der Waals surface area contributed by atoms with Crippen molar-refractivity contribution in [2.24, 2.45) is 0 Å². The molecule has 1 aliphatic rings. The Hall–Kier alpha value is -2.64. The Bertz CT molecular complexity index is 982. The molecule has 1 fully saturated rings. The molecule has 1 atom stereocenters. The van der Waals surface area contributed by atoms with E-state index in [1.54, 1.807) is 17.0 Å². The minimum Gasteiger partial charge on any atom is -0.507 e. The average molecular weight is 457 g/mol. The van der Waals surface area contributed by atoms with Crippen LogP contribution in [0.25, 0.3) is 5.76 Å². The number of amides is 1. The Labute approximate surface area is 194 Å². The second-order valence-corrected chi connectivity index (χ2v) is 9.32. The maximum absolute atomic E-state index is 13.0. The fourth-order valence-electron chi connectivity index (χ4n) is 3.88. The second kappa shape index (κ2) is 10.8. The minimum atomic E-state index is -0.631. The van der Waals surface area contributed by atoms with Gasteiger partial charge in [0.25, 0.3) is 11.7 Å². The molecule has 1 aliphatic heterocycles. The molecule has 2 heterocycles. The summed E-state index contributed by atoms with van der Waals surface area (Å²) in [5.41, 5.74) is 1.49. The normalized spacial score (nSPS) is 18.0. The Balaban J connectivity index is 1.97. The highest BCUT2D eigenvalue weighted by atomic mass is 32.1. The first-order chi connectivity index (χ1) is 15.3. The van der Waals surface area contributed by atoms with Gasteiger partial charge in [-0.05, 0) is 75.6 Å². The lowest BCUT2D eigenvalue weighted by molar-refractivity contribution is -0.139. The number of carbonyl (C=O) groups is 2. The third-order valence-electron chi connectivity index (χ3n) is 5.58. The van der Waals surface area contributed by atoms with Gasteiger partial charge in [0.1, 0.15) is 11.5 Å². The van der Waals surface area contributed by atoms with Gasteiger partial charge in [-0.15, -0.1) is 11.3 Å². The number of ether oxygens (including phenoxy) is 1. The number of Topliss-reactive ketones (excluding diaryl/α,β-unsaturated/α-hetero) is 1. The molecule has 0 bridgehead atoms. The molecule has 0 saturated carbocycles. The molecule has 2 aromatic rings. The van der Waals surface area contributed by atoms with E-state index in [4.69, 9.17) is 4.74 Å². The summed E-state index contributed by atoms with van der Waals surface area (Å²) in [6.07, 6.45) is 2.76. The number of ketones is 1. The van der Waals surface area contributed by atoms with Crippen LogP contribution in [0.2, 0.25) is 0 Å². The van der Waals surface area contributed by atoms with E-state index in [9.17, 15) is 14.7 Å². The maximum Gasteiger partial charge on any atom is 0.295 e. The predicted octanol–water partition coefficient (Wildman–Crippen LogP) is 4.61. The first-order valence-corrected chi connectivity index (χ1v) is 11.9. The van der Waals surface area contributed by atoms with Crippen LogP contribution in [0.3, 0.4) is 0 Å². The van der Waals surface area contributed by atoms with E-state index in [1.165, 1.54) is 11.3 Å². The third-order valence-corrected chi connectivity index (χ3v) is 6.50. The number of aliphatic hydroxyl groups excluding tert-OH is 1. The van der Waals surface area contributed by atoms with Crippen molar-refractivity contribution in [1.82, 2.24) is 9.80 Å². The molecule has 1 amide bonds. The summed E-state index contributed by atoms with van der Waals surface area (Å²) < 4.78 is 5.76. The lowest BCUT2D eigenvalue weighted by Gasteiger charge is -2.24. The molecule has 0 unspecified atom stereocenters. The molecule has 3 rings (SSSR count). The lowest BCUT2D eigenvalue weighted by Crippen LogP contribution is -2.32. The second-order valence-electron chi connectivity index (χ2n) is 8.34. The van der Waals surface area contributed by atoms with Crippen LogP contribution in [0.1, 0.15) is 48.2 Å². The van der Waals surface area contributed by atoms with Gasteiger partial charge in [-0.3, -0.25) is 9.59 Å². The number of aliphatic hydroxyl groups is 1.